The second kappa shape index (κ2) is 5.97. The molecule has 2 aromatic heterocycles. The fraction of sp³-hybridized carbons (Fsp3) is 0. The van der Waals surface area contributed by atoms with Gasteiger partial charge in [0.15, 0.2) is 0 Å². The van der Waals surface area contributed by atoms with Gasteiger partial charge in [0, 0.05) is 27.6 Å². The molecule has 5 aromatic rings. The minimum Gasteiger partial charge on any atom is -0.255 e. The number of hydrogen-bond donors (Lipinski definition) is 0. The van der Waals surface area contributed by atoms with Crippen molar-refractivity contribution in [1.82, 2.24) is 14.8 Å². The van der Waals surface area contributed by atoms with Crippen molar-refractivity contribution in [2.24, 2.45) is 0 Å². The maximum atomic E-state index is 6.07. The molecular formula is C22H14ClN3. The van der Waals surface area contributed by atoms with Gasteiger partial charge in [0.05, 0.1) is 16.7 Å². The van der Waals surface area contributed by atoms with Crippen LogP contribution in [-0.4, -0.2) is 14.8 Å². The quantitative estimate of drug-likeness (QED) is 0.395. The van der Waals surface area contributed by atoms with Gasteiger partial charge in [-0.3, -0.25) is 4.98 Å². The Morgan fingerprint density at radius 1 is 0.731 bits per heavy atom. The Kier molecular flexibility index (Phi) is 3.47. The average Bonchev–Trinajstić information content (AvgIpc) is 3.09. The number of rotatable bonds is 2. The Labute approximate surface area is 155 Å². The van der Waals surface area contributed by atoms with Gasteiger partial charge in [-0.05, 0) is 30.3 Å². The maximum Gasteiger partial charge on any atom is 0.102 e. The minimum absolute atomic E-state index is 0.708. The van der Waals surface area contributed by atoms with Crippen LogP contribution in [0.2, 0.25) is 5.02 Å². The number of para-hydroxylation sites is 1. The predicted octanol–water partition coefficient (Wildman–Crippen LogP) is 5.89. The summed E-state index contributed by atoms with van der Waals surface area (Å²) in [4.78, 5) is 4.64. The van der Waals surface area contributed by atoms with Crippen LogP contribution in [0.4, 0.5) is 0 Å². The van der Waals surface area contributed by atoms with Crippen LogP contribution in [0.1, 0.15) is 0 Å². The Morgan fingerprint density at radius 3 is 2.27 bits per heavy atom. The van der Waals surface area contributed by atoms with Gasteiger partial charge in [-0.25, -0.2) is 4.68 Å². The molecule has 0 aliphatic rings. The van der Waals surface area contributed by atoms with Crippen LogP contribution in [0.5, 0.6) is 0 Å². The molecule has 0 amide bonds. The molecule has 0 spiro atoms. The summed E-state index contributed by atoms with van der Waals surface area (Å²) in [5.74, 6) is 0. The Morgan fingerprint density at radius 2 is 1.46 bits per heavy atom. The summed E-state index contributed by atoms with van der Waals surface area (Å²) in [6, 6.07) is 26.1. The van der Waals surface area contributed by atoms with Crippen molar-refractivity contribution < 1.29 is 0 Å². The summed E-state index contributed by atoms with van der Waals surface area (Å²) >= 11 is 6.07. The second-order valence-corrected chi connectivity index (χ2v) is 6.58. The third-order valence-electron chi connectivity index (χ3n) is 4.53. The molecule has 0 atom stereocenters. The summed E-state index contributed by atoms with van der Waals surface area (Å²) in [6.45, 7) is 0. The first-order valence-corrected chi connectivity index (χ1v) is 8.77. The van der Waals surface area contributed by atoms with Crippen LogP contribution in [0.25, 0.3) is 38.8 Å². The zero-order valence-electron chi connectivity index (χ0n) is 13.8. The van der Waals surface area contributed by atoms with Crippen molar-refractivity contribution in [2.45, 2.75) is 0 Å². The molecule has 3 nitrogen and oxygen atoms in total. The maximum absolute atomic E-state index is 6.07. The van der Waals surface area contributed by atoms with Gasteiger partial charge < -0.3 is 0 Å². The molecular weight excluding hydrogens is 342 g/mol. The standard InChI is InChI=1S/C22H14ClN3/c23-16-10-12-17(13-11-16)26-22-18-8-4-5-9-20(18)24-14-19(22)21(25-26)15-6-2-1-3-7-15/h1-14H. The summed E-state index contributed by atoms with van der Waals surface area (Å²) in [5.41, 5.74) is 4.97. The van der Waals surface area contributed by atoms with Crippen LogP contribution in [0.15, 0.2) is 85.1 Å². The van der Waals surface area contributed by atoms with Crippen LogP contribution in [-0.2, 0) is 0 Å². The molecule has 0 aliphatic heterocycles. The lowest BCUT2D eigenvalue weighted by Crippen LogP contribution is -1.97. The van der Waals surface area contributed by atoms with Crippen molar-refractivity contribution in [3.63, 3.8) is 0 Å². The number of halogens is 1. The number of hydrogen-bond acceptors (Lipinski definition) is 2. The highest BCUT2D eigenvalue weighted by molar-refractivity contribution is 6.30. The van der Waals surface area contributed by atoms with E-state index in [9.17, 15) is 0 Å². The third kappa shape index (κ3) is 2.37. The summed E-state index contributed by atoms with van der Waals surface area (Å²) in [7, 11) is 0. The first-order chi connectivity index (χ1) is 12.8. The van der Waals surface area contributed by atoms with E-state index < -0.39 is 0 Å². The summed E-state index contributed by atoms with van der Waals surface area (Å²) < 4.78 is 1.98. The molecule has 2 heterocycles. The number of pyridine rings is 1. The van der Waals surface area contributed by atoms with E-state index in [0.29, 0.717) is 5.02 Å². The average molecular weight is 356 g/mol. The topological polar surface area (TPSA) is 30.7 Å². The SMILES string of the molecule is Clc1ccc(-n2nc(-c3ccccc3)c3cnc4ccccc4c32)cc1. The highest BCUT2D eigenvalue weighted by Crippen LogP contribution is 2.33. The number of aromatic nitrogens is 3. The summed E-state index contributed by atoms with van der Waals surface area (Å²) in [5, 5.41) is 7.76. The van der Waals surface area contributed by atoms with E-state index in [-0.39, 0.29) is 0 Å². The zero-order valence-corrected chi connectivity index (χ0v) is 14.6. The van der Waals surface area contributed by atoms with Gasteiger partial charge in [0.1, 0.15) is 5.69 Å². The molecule has 5 rings (SSSR count). The van der Waals surface area contributed by atoms with E-state index in [4.69, 9.17) is 16.7 Å². The van der Waals surface area contributed by atoms with E-state index in [1.807, 2.05) is 71.5 Å². The predicted molar refractivity (Wildman–Crippen MR) is 107 cm³/mol. The fourth-order valence-corrected chi connectivity index (χ4v) is 3.44. The number of nitrogens with zero attached hydrogens (tertiary/aromatic N) is 3. The molecule has 124 valence electrons. The molecule has 0 saturated heterocycles. The highest BCUT2D eigenvalue weighted by Gasteiger charge is 2.16. The molecule has 0 radical (unpaired) electrons. The Balaban J connectivity index is 1.91. The fourth-order valence-electron chi connectivity index (χ4n) is 3.31. The van der Waals surface area contributed by atoms with Crippen LogP contribution >= 0.6 is 11.6 Å². The van der Waals surface area contributed by atoms with Gasteiger partial charge in [-0.1, -0.05) is 60.1 Å². The van der Waals surface area contributed by atoms with Crippen molar-refractivity contribution in [1.29, 1.82) is 0 Å². The van der Waals surface area contributed by atoms with Crippen LogP contribution in [0.3, 0.4) is 0 Å². The molecule has 0 bridgehead atoms. The number of benzene rings is 3. The van der Waals surface area contributed by atoms with E-state index in [0.717, 1.165) is 38.8 Å². The molecule has 0 unspecified atom stereocenters. The lowest BCUT2D eigenvalue weighted by molar-refractivity contribution is 0.918. The van der Waals surface area contributed by atoms with E-state index >= 15 is 0 Å². The first-order valence-electron chi connectivity index (χ1n) is 8.39. The highest BCUT2D eigenvalue weighted by atomic mass is 35.5. The third-order valence-corrected chi connectivity index (χ3v) is 4.78. The first kappa shape index (κ1) is 15.1. The minimum atomic E-state index is 0.708. The normalized spacial score (nSPS) is 11.3. The van der Waals surface area contributed by atoms with Crippen molar-refractivity contribution in [2.75, 3.05) is 0 Å². The van der Waals surface area contributed by atoms with E-state index in [1.54, 1.807) is 0 Å². The molecule has 0 fully saturated rings. The molecule has 4 heteroatoms. The van der Waals surface area contributed by atoms with Gasteiger partial charge in [-0.2, -0.15) is 5.10 Å². The van der Waals surface area contributed by atoms with Crippen LogP contribution < -0.4 is 0 Å². The van der Waals surface area contributed by atoms with Gasteiger partial charge in [0.25, 0.3) is 0 Å². The molecule has 26 heavy (non-hydrogen) atoms. The number of fused-ring (bicyclic) bond motifs is 3. The second-order valence-electron chi connectivity index (χ2n) is 6.14. The molecule has 0 aliphatic carbocycles. The lowest BCUT2D eigenvalue weighted by atomic mass is 10.1. The Hall–Kier alpha value is -3.17. The Bertz CT molecular complexity index is 1230. The smallest absolute Gasteiger partial charge is 0.102 e. The van der Waals surface area contributed by atoms with Crippen molar-refractivity contribution in [3.05, 3.63) is 90.1 Å². The molecule has 0 saturated carbocycles. The summed E-state index contributed by atoms with van der Waals surface area (Å²) in [6.07, 6.45) is 1.92. The monoisotopic (exact) mass is 355 g/mol. The van der Waals surface area contributed by atoms with E-state index in [2.05, 4.69) is 23.2 Å². The lowest BCUT2D eigenvalue weighted by Gasteiger charge is -2.06. The van der Waals surface area contributed by atoms with Crippen molar-refractivity contribution in [3.8, 4) is 16.9 Å². The van der Waals surface area contributed by atoms with E-state index in [1.165, 1.54) is 0 Å². The van der Waals surface area contributed by atoms with Gasteiger partial charge in [0.2, 0.25) is 0 Å². The zero-order chi connectivity index (χ0) is 17.5. The van der Waals surface area contributed by atoms with Gasteiger partial charge in [-0.15, -0.1) is 0 Å². The molecule has 3 aromatic carbocycles. The van der Waals surface area contributed by atoms with Gasteiger partial charge >= 0.3 is 0 Å². The molecule has 0 N–H and O–H groups in total. The largest absolute Gasteiger partial charge is 0.255 e. The van der Waals surface area contributed by atoms with Crippen molar-refractivity contribution >= 4 is 33.4 Å². The van der Waals surface area contributed by atoms with Crippen LogP contribution in [0, 0.1) is 0 Å².